The van der Waals surface area contributed by atoms with E-state index in [0.29, 0.717) is 5.92 Å². The lowest BCUT2D eigenvalue weighted by Gasteiger charge is -2.40. The Balaban J connectivity index is 1.79. The average molecular weight is 363 g/mol. The zero-order valence-corrected chi connectivity index (χ0v) is 16.1. The highest BCUT2D eigenvalue weighted by molar-refractivity contribution is 6.30. The molecule has 136 valence electrons. The van der Waals surface area contributed by atoms with Gasteiger partial charge < -0.3 is 9.47 Å². The average Bonchev–Trinajstić information content (AvgIpc) is 2.98. The number of carbonyl (C=O) groups is 1. The van der Waals surface area contributed by atoms with Gasteiger partial charge in [-0.15, -0.1) is 0 Å². The number of carbonyl (C=O) groups excluding carboxylic acids is 1. The van der Waals surface area contributed by atoms with Gasteiger partial charge in [0.2, 0.25) is 0 Å². The summed E-state index contributed by atoms with van der Waals surface area (Å²) in [4.78, 5) is 13.3. The summed E-state index contributed by atoms with van der Waals surface area (Å²) in [6.45, 7) is 5.77. The second-order valence-corrected chi connectivity index (χ2v) is 9.38. The maximum atomic E-state index is 13.3. The molecule has 4 unspecified atom stereocenters. The van der Waals surface area contributed by atoms with E-state index in [0.717, 1.165) is 42.7 Å². The Kier molecular flexibility index (Phi) is 3.97. The molecule has 1 spiro atoms. The second-order valence-electron chi connectivity index (χ2n) is 8.94. The molecule has 4 heteroatoms. The quantitative estimate of drug-likeness (QED) is 0.673. The van der Waals surface area contributed by atoms with Crippen LogP contribution in [0.2, 0.25) is 5.02 Å². The summed E-state index contributed by atoms with van der Waals surface area (Å²) in [5.41, 5.74) is -0.336. The Labute approximate surface area is 155 Å². The van der Waals surface area contributed by atoms with Gasteiger partial charge in [0.25, 0.3) is 0 Å². The van der Waals surface area contributed by atoms with Crippen LogP contribution >= 0.6 is 11.6 Å². The Morgan fingerprint density at radius 1 is 1.16 bits per heavy atom. The van der Waals surface area contributed by atoms with Crippen LogP contribution in [0.4, 0.5) is 0 Å². The zero-order chi connectivity index (χ0) is 17.9. The van der Waals surface area contributed by atoms with Crippen molar-refractivity contribution in [3.05, 3.63) is 34.9 Å². The normalized spacial score (nSPS) is 37.0. The maximum Gasteiger partial charge on any atom is 0.339 e. The minimum Gasteiger partial charge on any atom is -0.458 e. The first-order valence-electron chi connectivity index (χ1n) is 9.45. The molecule has 4 rings (SSSR count). The van der Waals surface area contributed by atoms with Gasteiger partial charge in [0.05, 0.1) is 5.60 Å². The first-order valence-corrected chi connectivity index (χ1v) is 9.83. The number of hydrogen-bond donors (Lipinski definition) is 0. The van der Waals surface area contributed by atoms with E-state index in [2.05, 4.69) is 12.1 Å². The van der Waals surface area contributed by atoms with Gasteiger partial charge in [0.1, 0.15) is 5.60 Å². The van der Waals surface area contributed by atoms with E-state index in [1.165, 1.54) is 6.42 Å². The van der Waals surface area contributed by atoms with Crippen molar-refractivity contribution in [1.82, 2.24) is 0 Å². The molecular weight excluding hydrogens is 336 g/mol. The molecule has 2 bridgehead atoms. The Morgan fingerprint density at radius 2 is 1.84 bits per heavy atom. The minimum absolute atomic E-state index is 0.0598. The smallest absolute Gasteiger partial charge is 0.339 e. The van der Waals surface area contributed by atoms with Gasteiger partial charge in [-0.05, 0) is 76.5 Å². The van der Waals surface area contributed by atoms with Crippen molar-refractivity contribution in [3.63, 3.8) is 0 Å². The van der Waals surface area contributed by atoms with Gasteiger partial charge in [-0.2, -0.15) is 0 Å². The van der Waals surface area contributed by atoms with Gasteiger partial charge in [0, 0.05) is 10.9 Å². The van der Waals surface area contributed by atoms with Crippen LogP contribution in [0.1, 0.15) is 70.8 Å². The molecule has 3 nitrogen and oxygen atoms in total. The lowest BCUT2D eigenvalue weighted by molar-refractivity contribution is -0.202. The second kappa shape index (κ2) is 5.72. The summed E-state index contributed by atoms with van der Waals surface area (Å²) in [5.74, 6) is 0.265. The molecule has 4 atom stereocenters. The van der Waals surface area contributed by atoms with Crippen molar-refractivity contribution in [2.75, 3.05) is 0 Å². The van der Waals surface area contributed by atoms with Crippen molar-refractivity contribution in [3.8, 4) is 0 Å². The van der Waals surface area contributed by atoms with Gasteiger partial charge >= 0.3 is 5.97 Å². The standard InChI is InChI=1S/C21H27ClO3/c1-19(2,3)24-18(23)21-13-5-12-20(25-21)11-4-6-16(20)17(21)14-7-9-15(22)10-8-14/h7-10,16-17H,4-6,11-13H2,1-3H3. The number of rotatable bonds is 2. The Bertz CT molecular complexity index is 677. The molecule has 1 saturated carbocycles. The molecule has 2 aliphatic heterocycles. The Morgan fingerprint density at radius 3 is 2.52 bits per heavy atom. The van der Waals surface area contributed by atoms with Crippen LogP contribution in [0.3, 0.4) is 0 Å². The van der Waals surface area contributed by atoms with Crippen LogP contribution < -0.4 is 0 Å². The summed E-state index contributed by atoms with van der Waals surface area (Å²) in [7, 11) is 0. The zero-order valence-electron chi connectivity index (χ0n) is 15.3. The molecule has 0 amide bonds. The van der Waals surface area contributed by atoms with E-state index in [4.69, 9.17) is 21.1 Å². The molecule has 1 aromatic carbocycles. The molecule has 25 heavy (non-hydrogen) atoms. The molecule has 0 aromatic heterocycles. The highest BCUT2D eigenvalue weighted by Crippen LogP contribution is 2.65. The predicted octanol–water partition coefficient (Wildman–Crippen LogP) is 5.26. The van der Waals surface area contributed by atoms with Crippen molar-refractivity contribution in [2.45, 2.75) is 82.0 Å². The minimum atomic E-state index is -0.843. The third-order valence-electron chi connectivity index (χ3n) is 6.20. The van der Waals surface area contributed by atoms with E-state index in [-0.39, 0.29) is 17.5 Å². The van der Waals surface area contributed by atoms with Crippen molar-refractivity contribution in [2.24, 2.45) is 5.92 Å². The number of esters is 1. The summed E-state index contributed by atoms with van der Waals surface area (Å²) in [6.07, 6.45) is 6.20. The fourth-order valence-electron chi connectivity index (χ4n) is 5.44. The van der Waals surface area contributed by atoms with Gasteiger partial charge in [-0.25, -0.2) is 4.79 Å². The van der Waals surface area contributed by atoms with Crippen LogP contribution in [0, 0.1) is 5.92 Å². The number of ether oxygens (including phenoxy) is 2. The third kappa shape index (κ3) is 2.71. The molecule has 3 aliphatic rings. The summed E-state index contributed by atoms with van der Waals surface area (Å²) in [6, 6.07) is 7.97. The van der Waals surface area contributed by atoms with Crippen LogP contribution in [-0.4, -0.2) is 22.8 Å². The van der Waals surface area contributed by atoms with E-state index >= 15 is 0 Å². The molecule has 1 aromatic rings. The molecule has 0 radical (unpaired) electrons. The fourth-order valence-corrected chi connectivity index (χ4v) is 5.57. The monoisotopic (exact) mass is 362 g/mol. The number of fused-ring (bicyclic) bond motifs is 1. The lowest BCUT2D eigenvalue weighted by Crippen LogP contribution is -2.50. The summed E-state index contributed by atoms with van der Waals surface area (Å²) >= 11 is 6.10. The molecule has 2 heterocycles. The van der Waals surface area contributed by atoms with Crippen LogP contribution in [0.15, 0.2) is 24.3 Å². The highest BCUT2D eigenvalue weighted by atomic mass is 35.5. The van der Waals surface area contributed by atoms with E-state index < -0.39 is 11.2 Å². The first kappa shape index (κ1) is 17.4. The number of halogens is 1. The van der Waals surface area contributed by atoms with Crippen molar-refractivity contribution >= 4 is 17.6 Å². The van der Waals surface area contributed by atoms with E-state index in [9.17, 15) is 4.79 Å². The topological polar surface area (TPSA) is 35.5 Å². The largest absolute Gasteiger partial charge is 0.458 e. The fraction of sp³-hybridized carbons (Fsp3) is 0.667. The molecular formula is C21H27ClO3. The summed E-state index contributed by atoms with van der Waals surface area (Å²) in [5, 5.41) is 0.720. The number of hydrogen-bond acceptors (Lipinski definition) is 3. The molecule has 3 fully saturated rings. The highest BCUT2D eigenvalue weighted by Gasteiger charge is 2.69. The first-order chi connectivity index (χ1) is 11.8. The van der Waals surface area contributed by atoms with Crippen molar-refractivity contribution in [1.29, 1.82) is 0 Å². The number of benzene rings is 1. The predicted molar refractivity (Wildman–Crippen MR) is 97.8 cm³/mol. The van der Waals surface area contributed by atoms with Gasteiger partial charge in [-0.1, -0.05) is 30.2 Å². The van der Waals surface area contributed by atoms with E-state index in [1.54, 1.807) is 0 Å². The molecule has 0 N–H and O–H groups in total. The lowest BCUT2D eigenvalue weighted by atomic mass is 9.73. The van der Waals surface area contributed by atoms with Gasteiger partial charge in [-0.3, -0.25) is 0 Å². The molecule has 1 aliphatic carbocycles. The van der Waals surface area contributed by atoms with Crippen molar-refractivity contribution < 1.29 is 14.3 Å². The third-order valence-corrected chi connectivity index (χ3v) is 6.45. The maximum absolute atomic E-state index is 13.3. The summed E-state index contributed by atoms with van der Waals surface area (Å²) < 4.78 is 12.5. The van der Waals surface area contributed by atoms with Crippen LogP contribution in [0.5, 0.6) is 0 Å². The van der Waals surface area contributed by atoms with E-state index in [1.807, 2.05) is 32.9 Å². The van der Waals surface area contributed by atoms with Gasteiger partial charge in [0.15, 0.2) is 5.60 Å². The SMILES string of the molecule is CC(C)(C)OC(=O)C12CCCC3(CCCC3C1c1ccc(Cl)cc1)O2. The van der Waals surface area contributed by atoms with Crippen LogP contribution in [0.25, 0.3) is 0 Å². The molecule has 2 saturated heterocycles. The van der Waals surface area contributed by atoms with Crippen LogP contribution in [-0.2, 0) is 14.3 Å². The Hall–Kier alpha value is -1.06.